The quantitative estimate of drug-likeness (QED) is 0.141. The Bertz CT molecular complexity index is 3630. The zero-order valence-corrected chi connectivity index (χ0v) is 36.3. The van der Waals surface area contributed by atoms with Gasteiger partial charge in [-0.25, -0.2) is 0 Å². The molecule has 310 valence electrons. The number of hydrogen-bond acceptors (Lipinski definition) is 1. The Morgan fingerprint density at radius 2 is 0.591 bits per heavy atom. The summed E-state index contributed by atoms with van der Waals surface area (Å²) in [5.74, 6) is 0. The van der Waals surface area contributed by atoms with E-state index in [0.29, 0.717) is 0 Å². The third kappa shape index (κ3) is 7.31. The van der Waals surface area contributed by atoms with Crippen molar-refractivity contribution in [3.05, 3.63) is 267 Å². The highest BCUT2D eigenvalue weighted by atomic mass is 15.1. The molecule has 0 radical (unpaired) electrons. The third-order valence-corrected chi connectivity index (χ3v) is 13.0. The zero-order valence-electron chi connectivity index (χ0n) is 36.3. The Morgan fingerprint density at radius 1 is 0.227 bits per heavy atom. The van der Waals surface area contributed by atoms with Crippen LogP contribution >= 0.6 is 0 Å². The smallest absolute Gasteiger partial charge is 0.0541 e. The Labute approximate surface area is 385 Å². The number of nitrogens with zero attached hydrogens (tertiary/aromatic N) is 2. The van der Waals surface area contributed by atoms with Crippen LogP contribution in [0.2, 0.25) is 0 Å². The third-order valence-electron chi connectivity index (χ3n) is 13.0. The fraction of sp³-hybridized carbons (Fsp3) is 0. The van der Waals surface area contributed by atoms with Crippen molar-refractivity contribution in [1.82, 2.24) is 4.57 Å². The van der Waals surface area contributed by atoms with Gasteiger partial charge in [0.25, 0.3) is 0 Å². The van der Waals surface area contributed by atoms with E-state index in [9.17, 15) is 0 Å². The Kier molecular flexibility index (Phi) is 9.89. The van der Waals surface area contributed by atoms with E-state index in [1.807, 2.05) is 0 Å². The van der Waals surface area contributed by atoms with E-state index >= 15 is 0 Å². The van der Waals surface area contributed by atoms with Crippen LogP contribution < -0.4 is 4.90 Å². The summed E-state index contributed by atoms with van der Waals surface area (Å²) in [5, 5.41) is 5.00. The van der Waals surface area contributed by atoms with Crippen molar-refractivity contribution in [2.45, 2.75) is 0 Å². The second-order valence-corrected chi connectivity index (χ2v) is 17.0. The van der Waals surface area contributed by atoms with Crippen LogP contribution in [-0.4, -0.2) is 4.57 Å². The highest BCUT2D eigenvalue weighted by molar-refractivity contribution is 6.10. The molecule has 0 aliphatic heterocycles. The number of hydrogen-bond donors (Lipinski definition) is 0. The highest BCUT2D eigenvalue weighted by Gasteiger charge is 2.16. The summed E-state index contributed by atoms with van der Waals surface area (Å²) in [6, 6.07) is 96.7. The maximum atomic E-state index is 2.39. The molecule has 0 atom stereocenters. The number of fused-ring (bicyclic) bond motifs is 4. The van der Waals surface area contributed by atoms with Crippen LogP contribution in [0.1, 0.15) is 0 Å². The topological polar surface area (TPSA) is 8.17 Å². The lowest BCUT2D eigenvalue weighted by atomic mass is 9.98. The first-order chi connectivity index (χ1) is 32.7. The summed E-state index contributed by atoms with van der Waals surface area (Å²) < 4.78 is 2.39. The van der Waals surface area contributed by atoms with Gasteiger partial charge >= 0.3 is 0 Å². The first-order valence-corrected chi connectivity index (χ1v) is 22.7. The minimum Gasteiger partial charge on any atom is -0.311 e. The minimum absolute atomic E-state index is 1.10. The zero-order chi connectivity index (χ0) is 43.8. The van der Waals surface area contributed by atoms with Crippen molar-refractivity contribution in [2.75, 3.05) is 4.90 Å². The van der Waals surface area contributed by atoms with Gasteiger partial charge in [0.15, 0.2) is 0 Å². The summed E-state index contributed by atoms with van der Waals surface area (Å²) >= 11 is 0. The van der Waals surface area contributed by atoms with Crippen LogP contribution in [0.15, 0.2) is 267 Å². The van der Waals surface area contributed by atoms with Crippen LogP contribution in [0.5, 0.6) is 0 Å². The molecule has 0 spiro atoms. The van der Waals surface area contributed by atoms with Gasteiger partial charge in [0.05, 0.1) is 11.0 Å². The maximum absolute atomic E-state index is 2.39. The van der Waals surface area contributed by atoms with Gasteiger partial charge in [-0.15, -0.1) is 0 Å². The molecule has 2 nitrogen and oxygen atoms in total. The molecular weight excluding hydrogens is 797 g/mol. The van der Waals surface area contributed by atoms with E-state index in [2.05, 4.69) is 276 Å². The molecule has 1 aromatic heterocycles. The fourth-order valence-corrected chi connectivity index (χ4v) is 9.57. The maximum Gasteiger partial charge on any atom is 0.0541 e. The minimum atomic E-state index is 1.10. The van der Waals surface area contributed by atoms with Crippen molar-refractivity contribution in [3.8, 4) is 61.3 Å². The molecule has 66 heavy (non-hydrogen) atoms. The Morgan fingerprint density at radius 3 is 1.14 bits per heavy atom. The lowest BCUT2D eigenvalue weighted by Crippen LogP contribution is -2.09. The van der Waals surface area contributed by atoms with Gasteiger partial charge in [-0.1, -0.05) is 194 Å². The summed E-state index contributed by atoms with van der Waals surface area (Å²) in [6.07, 6.45) is 0. The standard InChI is InChI=1S/C64H44N2/c1-3-11-45(12-4-1)49-25-34-57(35-26-49)65(59-38-31-53(32-39-59)55-24-23-47-15-7-8-16-54(47)43-55)58-36-27-51(28-37-58)48-19-21-52(22-20-48)56-33-42-64-62(44-56)61-17-9-10-18-63(61)66(64)60-40-29-50(30-41-60)46-13-5-2-6-14-46/h1-44H. The summed E-state index contributed by atoms with van der Waals surface area (Å²) in [4.78, 5) is 2.35. The number of aromatic nitrogens is 1. The first kappa shape index (κ1) is 38.9. The molecule has 12 aromatic rings. The van der Waals surface area contributed by atoms with E-state index < -0.39 is 0 Å². The van der Waals surface area contributed by atoms with Crippen LogP contribution in [0.3, 0.4) is 0 Å². The van der Waals surface area contributed by atoms with Crippen molar-refractivity contribution >= 4 is 49.6 Å². The monoisotopic (exact) mass is 840 g/mol. The lowest BCUT2D eigenvalue weighted by molar-refractivity contribution is 1.18. The summed E-state index contributed by atoms with van der Waals surface area (Å²) in [5.41, 5.74) is 18.9. The molecule has 0 aliphatic rings. The van der Waals surface area contributed by atoms with Gasteiger partial charge < -0.3 is 9.47 Å². The molecule has 0 fully saturated rings. The Balaban J connectivity index is 0.839. The van der Waals surface area contributed by atoms with Gasteiger partial charge in [0.2, 0.25) is 0 Å². The number of anilines is 3. The molecule has 0 saturated carbocycles. The van der Waals surface area contributed by atoms with Crippen LogP contribution in [0.25, 0.3) is 93.9 Å². The first-order valence-electron chi connectivity index (χ1n) is 22.7. The number of rotatable bonds is 9. The second-order valence-electron chi connectivity index (χ2n) is 17.0. The molecule has 1 heterocycles. The molecule has 11 aromatic carbocycles. The van der Waals surface area contributed by atoms with Crippen LogP contribution in [-0.2, 0) is 0 Å². The average Bonchev–Trinajstić information content (AvgIpc) is 3.73. The van der Waals surface area contributed by atoms with Gasteiger partial charge in [-0.3, -0.25) is 0 Å². The van der Waals surface area contributed by atoms with Crippen molar-refractivity contribution in [2.24, 2.45) is 0 Å². The largest absolute Gasteiger partial charge is 0.311 e. The van der Waals surface area contributed by atoms with E-state index in [1.165, 1.54) is 88.2 Å². The predicted molar refractivity (Wildman–Crippen MR) is 280 cm³/mol. The lowest BCUT2D eigenvalue weighted by Gasteiger charge is -2.26. The fourth-order valence-electron chi connectivity index (χ4n) is 9.57. The second kappa shape index (κ2) is 16.8. The number of para-hydroxylation sites is 1. The van der Waals surface area contributed by atoms with E-state index in [1.54, 1.807) is 0 Å². The van der Waals surface area contributed by atoms with E-state index in [-0.39, 0.29) is 0 Å². The molecule has 12 rings (SSSR count). The van der Waals surface area contributed by atoms with Crippen LogP contribution in [0.4, 0.5) is 17.1 Å². The van der Waals surface area contributed by atoms with Gasteiger partial charge in [0.1, 0.15) is 0 Å². The molecule has 0 aliphatic carbocycles. The SMILES string of the molecule is c1ccc(-c2ccc(N(c3ccc(-c4ccc(-c5ccc6c(c5)c5ccccc5n6-c5ccc(-c6ccccc6)cc5)cc4)cc3)c3ccc(-c4ccc5ccccc5c4)cc3)cc2)cc1. The highest BCUT2D eigenvalue weighted by Crippen LogP contribution is 2.39. The molecule has 0 unspecified atom stereocenters. The summed E-state index contributed by atoms with van der Waals surface area (Å²) in [6.45, 7) is 0. The molecular formula is C64H44N2. The number of benzene rings is 11. The molecule has 0 amide bonds. The normalized spacial score (nSPS) is 11.3. The van der Waals surface area contributed by atoms with Crippen LogP contribution in [0, 0.1) is 0 Å². The van der Waals surface area contributed by atoms with Gasteiger partial charge in [0, 0.05) is 33.5 Å². The van der Waals surface area contributed by atoms with Crippen molar-refractivity contribution < 1.29 is 0 Å². The average molecular weight is 841 g/mol. The van der Waals surface area contributed by atoms with Crippen molar-refractivity contribution in [3.63, 3.8) is 0 Å². The molecule has 0 saturated heterocycles. The van der Waals surface area contributed by atoms with Gasteiger partial charge in [-0.05, 0) is 139 Å². The predicted octanol–water partition coefficient (Wildman–Crippen LogP) is 17.7. The molecule has 0 bridgehead atoms. The van der Waals surface area contributed by atoms with E-state index in [4.69, 9.17) is 0 Å². The molecule has 2 heteroatoms. The molecule has 0 N–H and O–H groups in total. The van der Waals surface area contributed by atoms with E-state index in [0.717, 1.165) is 22.7 Å². The summed E-state index contributed by atoms with van der Waals surface area (Å²) in [7, 11) is 0. The van der Waals surface area contributed by atoms with Crippen molar-refractivity contribution in [1.29, 1.82) is 0 Å². The van der Waals surface area contributed by atoms with Gasteiger partial charge in [-0.2, -0.15) is 0 Å². The Hall–Kier alpha value is -8.72.